The van der Waals surface area contributed by atoms with Crippen LogP contribution in [0.1, 0.15) is 51.9 Å². The molecule has 4 nitrogen and oxygen atoms in total. The first kappa shape index (κ1) is 15.3. The van der Waals surface area contributed by atoms with Crippen LogP contribution in [0.5, 0.6) is 0 Å². The molecule has 22 heavy (non-hydrogen) atoms. The van der Waals surface area contributed by atoms with Crippen LogP contribution in [0.2, 0.25) is 0 Å². The molecule has 0 aromatic carbocycles. The van der Waals surface area contributed by atoms with E-state index in [0.29, 0.717) is 0 Å². The first-order valence-corrected chi connectivity index (χ1v) is 8.81. The van der Waals surface area contributed by atoms with Crippen molar-refractivity contribution in [2.45, 2.75) is 51.9 Å². The normalized spacial score (nSPS) is 19.9. The molecule has 1 saturated heterocycles. The van der Waals surface area contributed by atoms with Crippen molar-refractivity contribution in [1.82, 2.24) is 9.97 Å². The lowest BCUT2D eigenvalue weighted by Crippen LogP contribution is -2.33. The third kappa shape index (κ3) is 4.21. The van der Waals surface area contributed by atoms with Crippen LogP contribution in [0.15, 0.2) is 23.9 Å². The number of nitrogens with zero attached hydrogens (tertiary/aromatic N) is 3. The van der Waals surface area contributed by atoms with E-state index >= 15 is 0 Å². The number of aromatic nitrogens is 2. The third-order valence-electron chi connectivity index (χ3n) is 4.86. The van der Waals surface area contributed by atoms with Gasteiger partial charge in [-0.15, -0.1) is 0 Å². The highest BCUT2D eigenvalue weighted by molar-refractivity contribution is 5.42. The molecule has 0 bridgehead atoms. The molecule has 0 amide bonds. The van der Waals surface area contributed by atoms with Gasteiger partial charge >= 0.3 is 0 Å². The van der Waals surface area contributed by atoms with Crippen LogP contribution in [0.25, 0.3) is 0 Å². The summed E-state index contributed by atoms with van der Waals surface area (Å²) in [5.74, 6) is 2.69. The van der Waals surface area contributed by atoms with Crippen LogP contribution in [0.3, 0.4) is 0 Å². The molecular weight excluding hydrogens is 272 g/mol. The quantitative estimate of drug-likeness (QED) is 0.834. The van der Waals surface area contributed by atoms with E-state index in [2.05, 4.69) is 33.2 Å². The van der Waals surface area contributed by atoms with E-state index in [1.807, 2.05) is 12.3 Å². The lowest BCUT2D eigenvalue weighted by atomic mass is 9.97. The highest BCUT2D eigenvalue weighted by Gasteiger charge is 2.17. The minimum absolute atomic E-state index is 0.771. The van der Waals surface area contributed by atoms with Gasteiger partial charge in [-0.3, -0.25) is 0 Å². The number of rotatable bonds is 5. The molecule has 1 aromatic rings. The van der Waals surface area contributed by atoms with Crippen LogP contribution in [0, 0.1) is 5.92 Å². The fourth-order valence-corrected chi connectivity index (χ4v) is 3.31. The van der Waals surface area contributed by atoms with E-state index in [-0.39, 0.29) is 0 Å². The zero-order valence-corrected chi connectivity index (χ0v) is 13.7. The Hall–Kier alpha value is -1.58. The molecule has 1 fully saturated rings. The summed E-state index contributed by atoms with van der Waals surface area (Å²) in [5, 5.41) is 3.39. The Morgan fingerprint density at radius 3 is 2.91 bits per heavy atom. The molecule has 0 radical (unpaired) electrons. The Morgan fingerprint density at radius 1 is 1.27 bits per heavy atom. The number of piperidine rings is 1. The summed E-state index contributed by atoms with van der Waals surface area (Å²) in [6.45, 7) is 5.51. The Balaban J connectivity index is 1.51. The summed E-state index contributed by atoms with van der Waals surface area (Å²) >= 11 is 0. The van der Waals surface area contributed by atoms with E-state index in [1.54, 1.807) is 5.57 Å². The third-order valence-corrected chi connectivity index (χ3v) is 4.86. The number of allylic oxidation sites excluding steroid dienone is 1. The minimum Gasteiger partial charge on any atom is -0.356 e. The zero-order chi connectivity index (χ0) is 15.2. The monoisotopic (exact) mass is 300 g/mol. The molecule has 1 aromatic heterocycles. The van der Waals surface area contributed by atoms with Gasteiger partial charge < -0.3 is 10.2 Å². The summed E-state index contributed by atoms with van der Waals surface area (Å²) in [4.78, 5) is 11.4. The largest absolute Gasteiger partial charge is 0.356 e. The van der Waals surface area contributed by atoms with E-state index in [0.717, 1.165) is 43.7 Å². The van der Waals surface area contributed by atoms with Crippen molar-refractivity contribution in [3.05, 3.63) is 23.9 Å². The van der Waals surface area contributed by atoms with Gasteiger partial charge in [0.25, 0.3) is 0 Å². The van der Waals surface area contributed by atoms with Crippen molar-refractivity contribution in [1.29, 1.82) is 0 Å². The molecule has 0 saturated carbocycles. The van der Waals surface area contributed by atoms with Gasteiger partial charge in [-0.2, -0.15) is 4.98 Å². The molecule has 0 spiro atoms. The molecule has 1 aliphatic heterocycles. The van der Waals surface area contributed by atoms with E-state index in [4.69, 9.17) is 0 Å². The van der Waals surface area contributed by atoms with Crippen molar-refractivity contribution < 1.29 is 0 Å². The molecule has 2 heterocycles. The molecule has 2 aliphatic rings. The fraction of sp³-hybridized carbons (Fsp3) is 0.667. The number of hydrogen-bond donors (Lipinski definition) is 1. The van der Waals surface area contributed by atoms with Crippen molar-refractivity contribution in [3.8, 4) is 0 Å². The van der Waals surface area contributed by atoms with Crippen molar-refractivity contribution >= 4 is 11.8 Å². The van der Waals surface area contributed by atoms with Gasteiger partial charge in [-0.25, -0.2) is 4.98 Å². The average Bonchev–Trinajstić information content (AvgIpc) is 2.57. The second kappa shape index (κ2) is 7.61. The summed E-state index contributed by atoms with van der Waals surface area (Å²) in [7, 11) is 0. The predicted molar refractivity (Wildman–Crippen MR) is 92.3 cm³/mol. The van der Waals surface area contributed by atoms with Crippen molar-refractivity contribution in [2.24, 2.45) is 5.92 Å². The molecular formula is C18H28N4. The van der Waals surface area contributed by atoms with Gasteiger partial charge in [0.1, 0.15) is 5.82 Å². The molecule has 1 N–H and O–H groups in total. The fourth-order valence-electron chi connectivity index (χ4n) is 3.31. The molecule has 4 heteroatoms. The van der Waals surface area contributed by atoms with Gasteiger partial charge in [-0.1, -0.05) is 18.6 Å². The molecule has 0 atom stereocenters. The maximum atomic E-state index is 4.69. The second-order valence-electron chi connectivity index (χ2n) is 6.69. The topological polar surface area (TPSA) is 41.1 Å². The van der Waals surface area contributed by atoms with Crippen LogP contribution in [-0.4, -0.2) is 29.6 Å². The van der Waals surface area contributed by atoms with Crippen molar-refractivity contribution in [2.75, 3.05) is 29.9 Å². The maximum absolute atomic E-state index is 4.69. The zero-order valence-electron chi connectivity index (χ0n) is 13.7. The number of anilines is 2. The molecule has 3 rings (SSSR count). The summed E-state index contributed by atoms with van der Waals surface area (Å²) in [5.41, 5.74) is 1.60. The second-order valence-corrected chi connectivity index (χ2v) is 6.69. The first-order valence-electron chi connectivity index (χ1n) is 8.81. The van der Waals surface area contributed by atoms with Crippen LogP contribution >= 0.6 is 0 Å². The maximum Gasteiger partial charge on any atom is 0.224 e. The Morgan fingerprint density at radius 2 is 2.14 bits per heavy atom. The van der Waals surface area contributed by atoms with Gasteiger partial charge in [-0.05, 0) is 56.9 Å². The van der Waals surface area contributed by atoms with Crippen molar-refractivity contribution in [3.63, 3.8) is 0 Å². The summed E-state index contributed by atoms with van der Waals surface area (Å²) in [6, 6.07) is 2.03. The first-order chi connectivity index (χ1) is 10.8. The van der Waals surface area contributed by atoms with E-state index < -0.39 is 0 Å². The Bertz CT molecular complexity index is 504. The predicted octanol–water partition coefficient (Wildman–Crippen LogP) is 4.02. The summed E-state index contributed by atoms with van der Waals surface area (Å²) in [6.07, 6.45) is 13.2. The van der Waals surface area contributed by atoms with Crippen LogP contribution < -0.4 is 10.2 Å². The highest BCUT2D eigenvalue weighted by atomic mass is 15.2. The van der Waals surface area contributed by atoms with Gasteiger partial charge in [0.15, 0.2) is 0 Å². The lowest BCUT2D eigenvalue weighted by molar-refractivity contribution is 0.436. The van der Waals surface area contributed by atoms with Crippen LogP contribution in [0.4, 0.5) is 11.8 Å². The number of hydrogen-bond acceptors (Lipinski definition) is 4. The standard InChI is InChI=1S/C18H28N4/c1-15-9-13-22(14-10-15)17-8-12-20-18(21-17)19-11-7-16-5-3-2-4-6-16/h5,8,12,15H,2-4,6-7,9-11,13-14H2,1H3,(H,19,20,21). The van der Waals surface area contributed by atoms with Gasteiger partial charge in [0, 0.05) is 25.8 Å². The highest BCUT2D eigenvalue weighted by Crippen LogP contribution is 2.22. The Kier molecular flexibility index (Phi) is 5.30. The molecule has 0 unspecified atom stereocenters. The van der Waals surface area contributed by atoms with Gasteiger partial charge in [0.2, 0.25) is 5.95 Å². The van der Waals surface area contributed by atoms with E-state index in [1.165, 1.54) is 38.5 Å². The number of nitrogens with one attached hydrogen (secondary N) is 1. The van der Waals surface area contributed by atoms with Gasteiger partial charge in [0.05, 0.1) is 0 Å². The molecule has 1 aliphatic carbocycles. The lowest BCUT2D eigenvalue weighted by Gasteiger charge is -2.31. The van der Waals surface area contributed by atoms with E-state index in [9.17, 15) is 0 Å². The summed E-state index contributed by atoms with van der Waals surface area (Å²) < 4.78 is 0. The Labute approximate surface area is 134 Å². The molecule has 120 valence electrons. The smallest absolute Gasteiger partial charge is 0.224 e. The average molecular weight is 300 g/mol. The minimum atomic E-state index is 0.771. The van der Waals surface area contributed by atoms with Crippen LogP contribution in [-0.2, 0) is 0 Å². The SMILES string of the molecule is CC1CCN(c2ccnc(NCCC3=CCCCC3)n2)CC1.